The molecule has 0 amide bonds. The molecule has 0 aromatic carbocycles. The van der Waals surface area contributed by atoms with Crippen molar-refractivity contribution in [2.75, 3.05) is 0 Å². The minimum atomic E-state index is 0.624. The van der Waals surface area contributed by atoms with Crippen molar-refractivity contribution >= 4 is 6.92 Å². The molecular weight excluding hydrogens is 195 g/mol. The highest BCUT2D eigenvalue weighted by Crippen LogP contribution is 2.44. The van der Waals surface area contributed by atoms with E-state index in [4.69, 9.17) is 4.65 Å². The van der Waals surface area contributed by atoms with Gasteiger partial charge >= 0.3 is 0 Å². The van der Waals surface area contributed by atoms with Crippen molar-refractivity contribution < 1.29 is 4.65 Å². The summed E-state index contributed by atoms with van der Waals surface area (Å²) < 4.78 is 6.47. The number of fused-ring (bicyclic) bond motifs is 3. The summed E-state index contributed by atoms with van der Waals surface area (Å²) in [7, 11) is 0. The molecule has 2 heteroatoms. The molecule has 2 aliphatic heterocycles. The molecule has 0 radical (unpaired) electrons. The van der Waals surface area contributed by atoms with E-state index in [0.29, 0.717) is 13.0 Å². The Bertz CT molecular complexity index is 215. The highest BCUT2D eigenvalue weighted by molar-refractivity contribution is 6.55. The molecule has 1 saturated carbocycles. The molecule has 3 aliphatic rings. The molecule has 16 heavy (non-hydrogen) atoms. The average Bonchev–Trinajstić information content (AvgIpc) is 2.61. The average molecular weight is 220 g/mol. The minimum absolute atomic E-state index is 0.624. The summed E-state index contributed by atoms with van der Waals surface area (Å²) in [5, 5.41) is 0. The zero-order chi connectivity index (χ0) is 10.8. The molecule has 2 heterocycles. The third-order valence-electron chi connectivity index (χ3n) is 5.13. The number of rotatable bonds is 1. The lowest BCUT2D eigenvalue weighted by Gasteiger charge is -2.31. The highest BCUT2D eigenvalue weighted by atomic mass is 16.4. The Morgan fingerprint density at radius 1 is 0.625 bits per heavy atom. The third kappa shape index (κ3) is 2.32. The molecule has 0 N–H and O–H groups in total. The second kappa shape index (κ2) is 5.12. The predicted molar refractivity (Wildman–Crippen MR) is 68.9 cm³/mol. The molecular formula is C14H25BO. The smallest absolute Gasteiger partial charge is 0.299 e. The Morgan fingerprint density at radius 3 is 1.81 bits per heavy atom. The Morgan fingerprint density at radius 2 is 1.19 bits per heavy atom. The van der Waals surface area contributed by atoms with Crippen LogP contribution < -0.4 is 0 Å². The maximum atomic E-state index is 6.47. The summed E-state index contributed by atoms with van der Waals surface area (Å²) in [6.07, 6.45) is 16.4. The van der Waals surface area contributed by atoms with Crippen molar-refractivity contribution in [1.29, 1.82) is 0 Å². The predicted octanol–water partition coefficient (Wildman–Crippen LogP) is 4.44. The van der Waals surface area contributed by atoms with Crippen LogP contribution in [0.25, 0.3) is 0 Å². The summed E-state index contributed by atoms with van der Waals surface area (Å²) in [5.41, 5.74) is 0. The van der Waals surface area contributed by atoms with Crippen molar-refractivity contribution in [1.82, 2.24) is 0 Å². The molecule has 1 nitrogen and oxygen atoms in total. The van der Waals surface area contributed by atoms with Gasteiger partial charge in [-0.2, -0.15) is 0 Å². The normalized spacial score (nSPS) is 37.1. The molecule has 0 aromatic rings. The summed E-state index contributed by atoms with van der Waals surface area (Å²) in [4.78, 5) is 0. The first-order valence-electron chi connectivity index (χ1n) is 7.59. The zero-order valence-corrected chi connectivity index (χ0v) is 10.5. The SMILES string of the molecule is C1CCC(B2OC3CCCC2CCC3)CC1. The van der Waals surface area contributed by atoms with Crippen molar-refractivity contribution in [3.05, 3.63) is 0 Å². The van der Waals surface area contributed by atoms with E-state index in [1.807, 2.05) is 0 Å². The molecule has 3 rings (SSSR count). The van der Waals surface area contributed by atoms with Crippen molar-refractivity contribution in [3.63, 3.8) is 0 Å². The van der Waals surface area contributed by atoms with E-state index in [2.05, 4.69) is 0 Å². The van der Waals surface area contributed by atoms with Gasteiger partial charge in [-0.05, 0) is 24.5 Å². The molecule has 1 aliphatic carbocycles. The van der Waals surface area contributed by atoms with Gasteiger partial charge in [0.25, 0.3) is 6.92 Å². The number of hydrogen-bond acceptors (Lipinski definition) is 1. The van der Waals surface area contributed by atoms with Gasteiger partial charge in [-0.3, -0.25) is 0 Å². The fourth-order valence-electron chi connectivity index (χ4n) is 4.26. The lowest BCUT2D eigenvalue weighted by atomic mass is 9.43. The maximum absolute atomic E-state index is 6.47. The van der Waals surface area contributed by atoms with Gasteiger partial charge in [-0.25, -0.2) is 0 Å². The molecule has 0 atom stereocenters. The Balaban J connectivity index is 1.71. The van der Waals surface area contributed by atoms with Gasteiger partial charge in [0, 0.05) is 6.10 Å². The van der Waals surface area contributed by atoms with Crippen LogP contribution in [0.2, 0.25) is 11.6 Å². The molecule has 90 valence electrons. The topological polar surface area (TPSA) is 9.23 Å². The van der Waals surface area contributed by atoms with Gasteiger partial charge in [0.05, 0.1) is 0 Å². The summed E-state index contributed by atoms with van der Waals surface area (Å²) in [6, 6.07) is 0. The van der Waals surface area contributed by atoms with E-state index >= 15 is 0 Å². The van der Waals surface area contributed by atoms with Gasteiger partial charge in [-0.1, -0.05) is 57.8 Å². The minimum Gasteiger partial charge on any atom is -0.433 e. The van der Waals surface area contributed by atoms with E-state index in [0.717, 1.165) is 11.6 Å². The van der Waals surface area contributed by atoms with E-state index in [1.165, 1.54) is 70.6 Å². The molecule has 0 aromatic heterocycles. The largest absolute Gasteiger partial charge is 0.433 e. The van der Waals surface area contributed by atoms with E-state index in [9.17, 15) is 0 Å². The Kier molecular flexibility index (Phi) is 3.56. The number of hydrogen-bond donors (Lipinski definition) is 0. The fourth-order valence-corrected chi connectivity index (χ4v) is 4.26. The second-order valence-electron chi connectivity index (χ2n) is 6.24. The first-order chi connectivity index (χ1) is 7.93. The van der Waals surface area contributed by atoms with E-state index < -0.39 is 0 Å². The monoisotopic (exact) mass is 220 g/mol. The zero-order valence-electron chi connectivity index (χ0n) is 10.5. The Hall–Kier alpha value is 0.0249. The fraction of sp³-hybridized carbons (Fsp3) is 1.00. The van der Waals surface area contributed by atoms with Crippen LogP contribution in [-0.4, -0.2) is 13.0 Å². The van der Waals surface area contributed by atoms with Gasteiger partial charge < -0.3 is 4.65 Å². The van der Waals surface area contributed by atoms with Gasteiger partial charge in [0.2, 0.25) is 0 Å². The first-order valence-corrected chi connectivity index (χ1v) is 7.59. The molecule has 0 spiro atoms. The summed E-state index contributed by atoms with van der Waals surface area (Å²) in [5.74, 6) is 1.83. The quantitative estimate of drug-likeness (QED) is 0.594. The molecule has 3 fully saturated rings. The molecule has 2 bridgehead atoms. The van der Waals surface area contributed by atoms with Crippen LogP contribution in [0.3, 0.4) is 0 Å². The highest BCUT2D eigenvalue weighted by Gasteiger charge is 2.40. The first kappa shape index (κ1) is 11.1. The lowest BCUT2D eigenvalue weighted by Crippen LogP contribution is -2.32. The van der Waals surface area contributed by atoms with Crippen LogP contribution in [0.5, 0.6) is 0 Å². The van der Waals surface area contributed by atoms with Gasteiger partial charge in [-0.15, -0.1) is 0 Å². The van der Waals surface area contributed by atoms with Crippen molar-refractivity contribution in [2.45, 2.75) is 88.4 Å². The third-order valence-corrected chi connectivity index (χ3v) is 5.13. The Labute approximate surface area is 100 Å². The standard InChI is InChI=1S/C14H25BO/c1-2-6-12(7-3-1)15-13-8-4-10-14(16-15)11-5-9-13/h12-14H,1-11H2. The summed E-state index contributed by atoms with van der Waals surface area (Å²) >= 11 is 0. The maximum Gasteiger partial charge on any atom is 0.299 e. The van der Waals surface area contributed by atoms with E-state index in [-0.39, 0.29) is 0 Å². The van der Waals surface area contributed by atoms with Crippen LogP contribution >= 0.6 is 0 Å². The molecule has 0 unspecified atom stereocenters. The summed E-state index contributed by atoms with van der Waals surface area (Å²) in [6.45, 7) is 0.648. The molecule has 2 saturated heterocycles. The van der Waals surface area contributed by atoms with Crippen LogP contribution in [0, 0.1) is 0 Å². The lowest BCUT2D eigenvalue weighted by molar-refractivity contribution is 0.181. The second-order valence-corrected chi connectivity index (χ2v) is 6.24. The van der Waals surface area contributed by atoms with Crippen molar-refractivity contribution in [2.24, 2.45) is 0 Å². The van der Waals surface area contributed by atoms with Crippen LogP contribution in [0.1, 0.15) is 70.6 Å². The van der Waals surface area contributed by atoms with Gasteiger partial charge in [0.15, 0.2) is 0 Å². The van der Waals surface area contributed by atoms with Gasteiger partial charge in [0.1, 0.15) is 0 Å². The van der Waals surface area contributed by atoms with Crippen LogP contribution in [0.15, 0.2) is 0 Å². The van der Waals surface area contributed by atoms with Crippen LogP contribution in [0.4, 0.5) is 0 Å². The van der Waals surface area contributed by atoms with E-state index in [1.54, 1.807) is 0 Å². The van der Waals surface area contributed by atoms with Crippen molar-refractivity contribution in [3.8, 4) is 0 Å². The van der Waals surface area contributed by atoms with Crippen LogP contribution in [-0.2, 0) is 4.65 Å².